The van der Waals surface area contributed by atoms with Gasteiger partial charge in [-0.1, -0.05) is 50.2 Å². The third-order valence-electron chi connectivity index (χ3n) is 7.18. The van der Waals surface area contributed by atoms with Crippen LogP contribution in [0.25, 0.3) is 33.0 Å². The first-order chi connectivity index (χ1) is 17.5. The lowest BCUT2D eigenvalue weighted by atomic mass is 9.95. The van der Waals surface area contributed by atoms with Crippen molar-refractivity contribution in [1.29, 1.82) is 0 Å². The zero-order chi connectivity index (χ0) is 24.8. The van der Waals surface area contributed by atoms with Crippen LogP contribution in [0.1, 0.15) is 31.4 Å². The largest absolute Gasteiger partial charge is 0.375 e. The van der Waals surface area contributed by atoms with Gasteiger partial charge in [-0.25, -0.2) is 0 Å². The van der Waals surface area contributed by atoms with Gasteiger partial charge in [0.05, 0.1) is 23.9 Å². The molecule has 36 heavy (non-hydrogen) atoms. The van der Waals surface area contributed by atoms with E-state index in [1.807, 2.05) is 48.8 Å². The number of nitrogens with zero attached hydrogens (tertiary/aromatic N) is 2. The number of ether oxygens (including phenoxy) is 1. The number of carbonyl (C=O) groups excluding carboxylic acids is 2. The number of aryl methyl sites for hydroxylation is 1. The topological polar surface area (TPSA) is 77.3 Å². The first kappa shape index (κ1) is 22.8. The minimum atomic E-state index is -0.349. The zero-order valence-corrected chi connectivity index (χ0v) is 20.6. The number of fused-ring (bicyclic) bond motifs is 12. The number of carbonyl (C=O) groups is 2. The number of para-hydroxylation sites is 2. The van der Waals surface area contributed by atoms with E-state index in [2.05, 4.69) is 45.7 Å². The van der Waals surface area contributed by atoms with Crippen molar-refractivity contribution in [3.8, 4) is 0 Å². The van der Waals surface area contributed by atoms with E-state index in [0.717, 1.165) is 52.4 Å². The van der Waals surface area contributed by atoms with Gasteiger partial charge in [0.2, 0.25) is 0 Å². The highest BCUT2D eigenvalue weighted by Gasteiger charge is 2.35. The molecule has 0 aliphatic carbocycles. The summed E-state index contributed by atoms with van der Waals surface area (Å²) in [5.41, 5.74) is 4.51. The van der Waals surface area contributed by atoms with Crippen LogP contribution in [0, 0.1) is 0 Å². The predicted molar refractivity (Wildman–Crippen MR) is 141 cm³/mol. The van der Waals surface area contributed by atoms with Gasteiger partial charge in [0.1, 0.15) is 0 Å². The summed E-state index contributed by atoms with van der Waals surface area (Å²) < 4.78 is 10.7. The maximum Gasteiger partial charge on any atom is 0.259 e. The van der Waals surface area contributed by atoms with Crippen molar-refractivity contribution in [2.75, 3.05) is 13.2 Å². The van der Waals surface area contributed by atoms with Gasteiger partial charge in [-0.3, -0.25) is 14.9 Å². The Morgan fingerprint density at radius 3 is 2.03 bits per heavy atom. The Hall–Kier alpha value is -3.68. The van der Waals surface area contributed by atoms with Gasteiger partial charge >= 0.3 is 0 Å². The third-order valence-corrected chi connectivity index (χ3v) is 7.18. The Labute approximate surface area is 209 Å². The molecule has 6 rings (SSSR count). The maximum absolute atomic E-state index is 13.2. The molecule has 0 saturated heterocycles. The average Bonchev–Trinajstić information content (AvgIpc) is 3.50. The van der Waals surface area contributed by atoms with Gasteiger partial charge in [0.15, 0.2) is 0 Å². The maximum atomic E-state index is 13.2. The predicted octanol–water partition coefficient (Wildman–Crippen LogP) is 3.95. The highest BCUT2D eigenvalue weighted by Crippen LogP contribution is 2.39. The second-order valence-electron chi connectivity index (χ2n) is 9.88. The van der Waals surface area contributed by atoms with Crippen molar-refractivity contribution in [2.45, 2.75) is 45.5 Å². The normalized spacial score (nSPS) is 18.7. The number of amides is 2. The fourth-order valence-electron chi connectivity index (χ4n) is 5.44. The molecule has 2 aliphatic rings. The standard InChI is InChI=1S/C29H30N4O3/c1-18(2)30-15-19-11-12-32-16-22(20-7-3-5-9-24(20)32)26-27(29(35)31-28(26)34)23-17-33(13-14-36-19)25-10-6-4-8-21(23)25/h3-10,16-19,30H,11-15H2,1-2H3,(H,31,34,35)/t19-/m0/s1. The summed E-state index contributed by atoms with van der Waals surface area (Å²) in [5.74, 6) is -0.693. The number of hydrogen-bond acceptors (Lipinski definition) is 4. The molecule has 2 aromatic heterocycles. The molecule has 0 radical (unpaired) electrons. The highest BCUT2D eigenvalue weighted by molar-refractivity contribution is 6.50. The molecule has 184 valence electrons. The van der Waals surface area contributed by atoms with E-state index in [1.165, 1.54) is 0 Å². The van der Waals surface area contributed by atoms with Gasteiger partial charge in [-0.15, -0.1) is 0 Å². The van der Waals surface area contributed by atoms with Crippen LogP contribution < -0.4 is 10.6 Å². The second-order valence-corrected chi connectivity index (χ2v) is 9.88. The van der Waals surface area contributed by atoms with E-state index in [1.54, 1.807) is 0 Å². The Kier molecular flexibility index (Phi) is 5.74. The molecule has 0 saturated carbocycles. The van der Waals surface area contributed by atoms with Crippen molar-refractivity contribution >= 4 is 44.8 Å². The quantitative estimate of drug-likeness (QED) is 0.434. The van der Waals surface area contributed by atoms with Crippen LogP contribution in [0.2, 0.25) is 0 Å². The van der Waals surface area contributed by atoms with Crippen molar-refractivity contribution < 1.29 is 14.3 Å². The molecule has 7 nitrogen and oxygen atoms in total. The summed E-state index contributed by atoms with van der Waals surface area (Å²) >= 11 is 0. The molecule has 0 fully saturated rings. The summed E-state index contributed by atoms with van der Waals surface area (Å²) in [7, 11) is 0. The van der Waals surface area contributed by atoms with Gasteiger partial charge in [-0.2, -0.15) is 0 Å². The summed E-state index contributed by atoms with van der Waals surface area (Å²) in [5, 5.41) is 8.00. The van der Waals surface area contributed by atoms with Crippen molar-refractivity contribution in [2.24, 2.45) is 0 Å². The molecule has 2 aromatic carbocycles. The summed E-state index contributed by atoms with van der Waals surface area (Å²) in [6.07, 6.45) is 4.89. The van der Waals surface area contributed by atoms with Crippen LogP contribution in [-0.4, -0.2) is 46.2 Å². The monoisotopic (exact) mass is 482 g/mol. The molecule has 4 heterocycles. The van der Waals surface area contributed by atoms with Crippen molar-refractivity contribution in [3.63, 3.8) is 0 Å². The highest BCUT2D eigenvalue weighted by atomic mass is 16.5. The van der Waals surface area contributed by atoms with Gasteiger partial charge in [-0.05, 0) is 18.6 Å². The number of nitrogens with one attached hydrogen (secondary N) is 2. The van der Waals surface area contributed by atoms with E-state index < -0.39 is 0 Å². The summed E-state index contributed by atoms with van der Waals surface area (Å²) in [6, 6.07) is 16.5. The summed E-state index contributed by atoms with van der Waals surface area (Å²) in [6.45, 7) is 7.01. The fraction of sp³-hybridized carbons (Fsp3) is 0.310. The first-order valence-electron chi connectivity index (χ1n) is 12.6. The van der Waals surface area contributed by atoms with Crippen molar-refractivity contribution in [3.05, 3.63) is 72.1 Å². The lowest BCUT2D eigenvalue weighted by molar-refractivity contribution is -0.122. The second kappa shape index (κ2) is 9.08. The number of rotatable bonds is 3. The van der Waals surface area contributed by atoms with Crippen LogP contribution in [0.5, 0.6) is 0 Å². The van der Waals surface area contributed by atoms with Crippen LogP contribution in [0.15, 0.2) is 60.9 Å². The van der Waals surface area contributed by atoms with Crippen LogP contribution in [0.4, 0.5) is 0 Å². The molecule has 1 atom stereocenters. The molecule has 0 spiro atoms. The van der Waals surface area contributed by atoms with E-state index in [4.69, 9.17) is 4.74 Å². The van der Waals surface area contributed by atoms with Crippen molar-refractivity contribution in [1.82, 2.24) is 19.8 Å². The van der Waals surface area contributed by atoms with E-state index in [-0.39, 0.29) is 17.9 Å². The first-order valence-corrected chi connectivity index (χ1v) is 12.6. The SMILES string of the molecule is CC(C)NC[C@@H]1CCn2cc(c3ccccc32)C2=C(C(=O)NC2=O)c2cn(c3ccccc23)CCO1. The molecule has 2 aliphatic heterocycles. The van der Waals surface area contributed by atoms with Crippen LogP contribution in [0.3, 0.4) is 0 Å². The third kappa shape index (κ3) is 3.85. The lowest BCUT2D eigenvalue weighted by Gasteiger charge is -2.21. The molecular weight excluding hydrogens is 452 g/mol. The minimum absolute atomic E-state index is 0.0485. The molecule has 2 N–H and O–H groups in total. The molecule has 4 bridgehead atoms. The Balaban J connectivity index is 1.58. The Morgan fingerprint density at radius 1 is 0.889 bits per heavy atom. The molecule has 7 heteroatoms. The smallest absolute Gasteiger partial charge is 0.259 e. The number of benzene rings is 2. The number of hydrogen-bond donors (Lipinski definition) is 2. The van der Waals surface area contributed by atoms with Gasteiger partial charge in [0, 0.05) is 71.0 Å². The fourth-order valence-corrected chi connectivity index (χ4v) is 5.44. The van der Waals surface area contributed by atoms with Crippen LogP contribution >= 0.6 is 0 Å². The molecule has 2 amide bonds. The molecule has 0 unspecified atom stereocenters. The summed E-state index contributed by atoms with van der Waals surface area (Å²) in [4.78, 5) is 26.4. The molecule has 4 aromatic rings. The van der Waals surface area contributed by atoms with E-state index in [9.17, 15) is 9.59 Å². The zero-order valence-electron chi connectivity index (χ0n) is 20.6. The van der Waals surface area contributed by atoms with Gasteiger partial charge < -0.3 is 19.2 Å². The van der Waals surface area contributed by atoms with E-state index in [0.29, 0.717) is 30.3 Å². The lowest BCUT2D eigenvalue weighted by Crippen LogP contribution is -2.34. The number of imide groups is 1. The Bertz CT molecular complexity index is 1520. The number of aromatic nitrogens is 2. The minimum Gasteiger partial charge on any atom is -0.375 e. The average molecular weight is 483 g/mol. The van der Waals surface area contributed by atoms with Crippen LogP contribution in [-0.2, 0) is 27.4 Å². The molecular formula is C29H30N4O3. The Morgan fingerprint density at radius 2 is 1.44 bits per heavy atom. The van der Waals surface area contributed by atoms with E-state index >= 15 is 0 Å². The van der Waals surface area contributed by atoms with Gasteiger partial charge in [0.25, 0.3) is 11.8 Å².